The third-order valence-corrected chi connectivity index (χ3v) is 3.25. The van der Waals surface area contributed by atoms with Crippen molar-refractivity contribution >= 4 is 5.82 Å². The molecule has 5 heteroatoms. The molecule has 1 aliphatic carbocycles. The van der Waals surface area contributed by atoms with Crippen LogP contribution in [0.5, 0.6) is 5.88 Å². The van der Waals surface area contributed by atoms with Gasteiger partial charge in [-0.2, -0.15) is 0 Å². The number of nitrogens with one attached hydrogen (secondary N) is 1. The van der Waals surface area contributed by atoms with E-state index >= 15 is 0 Å². The second-order valence-corrected chi connectivity index (χ2v) is 4.79. The average Bonchev–Trinajstić information content (AvgIpc) is 2.40. The predicted molar refractivity (Wildman–Crippen MR) is 71.7 cm³/mol. The highest BCUT2D eigenvalue weighted by Crippen LogP contribution is 2.21. The van der Waals surface area contributed by atoms with Gasteiger partial charge in [0.05, 0.1) is 6.61 Å². The Balaban J connectivity index is 1.95. The molecule has 1 heterocycles. The summed E-state index contributed by atoms with van der Waals surface area (Å²) < 4.78 is 5.49. The normalized spacial score (nSPS) is 23.7. The molecule has 1 saturated carbocycles. The zero-order valence-electron chi connectivity index (χ0n) is 10.9. The van der Waals surface area contributed by atoms with Crippen molar-refractivity contribution in [2.45, 2.75) is 51.1 Å². The zero-order valence-corrected chi connectivity index (χ0v) is 10.9. The van der Waals surface area contributed by atoms with E-state index in [9.17, 15) is 0 Å². The molecule has 0 amide bonds. The number of nitrogens with zero attached hydrogens (tertiary/aromatic N) is 2. The van der Waals surface area contributed by atoms with E-state index in [1.54, 1.807) is 0 Å². The second-order valence-electron chi connectivity index (χ2n) is 4.79. The first-order chi connectivity index (χ1) is 8.79. The van der Waals surface area contributed by atoms with E-state index in [2.05, 4.69) is 22.2 Å². The SMILES string of the molecule is CCCOc1cc(NC2CCCCC2N)ncn1. The number of anilines is 1. The molecular formula is C13H22N4O. The van der Waals surface area contributed by atoms with E-state index in [4.69, 9.17) is 10.5 Å². The summed E-state index contributed by atoms with van der Waals surface area (Å²) in [5, 5.41) is 3.39. The number of hydrogen-bond donors (Lipinski definition) is 2. The summed E-state index contributed by atoms with van der Waals surface area (Å²) in [6.07, 6.45) is 7.16. The van der Waals surface area contributed by atoms with Crippen LogP contribution in [0.1, 0.15) is 39.0 Å². The quantitative estimate of drug-likeness (QED) is 0.835. The average molecular weight is 250 g/mol. The Bertz CT molecular complexity index is 372. The summed E-state index contributed by atoms with van der Waals surface area (Å²) in [6.45, 7) is 2.75. The minimum absolute atomic E-state index is 0.216. The molecule has 1 fully saturated rings. The Hall–Kier alpha value is -1.36. The van der Waals surface area contributed by atoms with Crippen LogP contribution in [0.25, 0.3) is 0 Å². The molecule has 100 valence electrons. The van der Waals surface area contributed by atoms with E-state index in [1.807, 2.05) is 6.07 Å². The van der Waals surface area contributed by atoms with E-state index in [0.29, 0.717) is 18.5 Å². The van der Waals surface area contributed by atoms with Crippen molar-refractivity contribution < 1.29 is 4.74 Å². The van der Waals surface area contributed by atoms with Gasteiger partial charge >= 0.3 is 0 Å². The Morgan fingerprint density at radius 2 is 2.22 bits per heavy atom. The lowest BCUT2D eigenvalue weighted by molar-refractivity contribution is 0.304. The molecule has 1 aromatic rings. The first-order valence-electron chi connectivity index (χ1n) is 6.76. The van der Waals surface area contributed by atoms with Crippen molar-refractivity contribution in [1.29, 1.82) is 0 Å². The number of nitrogens with two attached hydrogens (primary N) is 1. The van der Waals surface area contributed by atoms with Gasteiger partial charge in [-0.05, 0) is 19.3 Å². The zero-order chi connectivity index (χ0) is 12.8. The van der Waals surface area contributed by atoms with Crippen molar-refractivity contribution in [1.82, 2.24) is 9.97 Å². The van der Waals surface area contributed by atoms with Crippen molar-refractivity contribution in [3.8, 4) is 5.88 Å². The minimum Gasteiger partial charge on any atom is -0.478 e. The van der Waals surface area contributed by atoms with E-state index in [-0.39, 0.29) is 6.04 Å². The van der Waals surface area contributed by atoms with Crippen LogP contribution in [0.3, 0.4) is 0 Å². The Labute approximate surface area is 108 Å². The van der Waals surface area contributed by atoms with Crippen LogP contribution in [0.15, 0.2) is 12.4 Å². The lowest BCUT2D eigenvalue weighted by atomic mass is 9.91. The summed E-state index contributed by atoms with van der Waals surface area (Å²) >= 11 is 0. The smallest absolute Gasteiger partial charge is 0.218 e. The van der Waals surface area contributed by atoms with Crippen LogP contribution in [-0.4, -0.2) is 28.7 Å². The molecule has 0 saturated heterocycles. The maximum Gasteiger partial charge on any atom is 0.218 e. The maximum absolute atomic E-state index is 6.11. The molecule has 0 bridgehead atoms. The fraction of sp³-hybridized carbons (Fsp3) is 0.692. The summed E-state index contributed by atoms with van der Waals surface area (Å²) in [5.74, 6) is 1.43. The van der Waals surface area contributed by atoms with E-state index < -0.39 is 0 Å². The molecule has 0 spiro atoms. The van der Waals surface area contributed by atoms with Gasteiger partial charge < -0.3 is 15.8 Å². The second kappa shape index (κ2) is 6.54. The third-order valence-electron chi connectivity index (χ3n) is 3.25. The van der Waals surface area contributed by atoms with Crippen LogP contribution < -0.4 is 15.8 Å². The molecule has 1 aliphatic rings. The summed E-state index contributed by atoms with van der Waals surface area (Å²) in [7, 11) is 0. The fourth-order valence-corrected chi connectivity index (χ4v) is 2.23. The maximum atomic E-state index is 6.11. The number of rotatable bonds is 5. The summed E-state index contributed by atoms with van der Waals surface area (Å²) in [5.41, 5.74) is 6.11. The number of hydrogen-bond acceptors (Lipinski definition) is 5. The van der Waals surface area contributed by atoms with Gasteiger partial charge in [0, 0.05) is 18.2 Å². The van der Waals surface area contributed by atoms with Crippen LogP contribution >= 0.6 is 0 Å². The van der Waals surface area contributed by atoms with Gasteiger partial charge in [0.1, 0.15) is 12.1 Å². The van der Waals surface area contributed by atoms with Crippen molar-refractivity contribution in [3.63, 3.8) is 0 Å². The van der Waals surface area contributed by atoms with Crippen LogP contribution in [0, 0.1) is 0 Å². The summed E-state index contributed by atoms with van der Waals surface area (Å²) in [6, 6.07) is 2.37. The highest BCUT2D eigenvalue weighted by molar-refractivity contribution is 5.38. The van der Waals surface area contributed by atoms with Crippen LogP contribution in [0.2, 0.25) is 0 Å². The van der Waals surface area contributed by atoms with Crippen LogP contribution in [0.4, 0.5) is 5.82 Å². The van der Waals surface area contributed by atoms with E-state index in [0.717, 1.165) is 25.1 Å². The molecule has 1 aromatic heterocycles. The monoisotopic (exact) mass is 250 g/mol. The molecule has 5 nitrogen and oxygen atoms in total. The van der Waals surface area contributed by atoms with Gasteiger partial charge in [-0.25, -0.2) is 9.97 Å². The molecular weight excluding hydrogens is 228 g/mol. The first kappa shape index (κ1) is 13.1. The standard InChI is InChI=1S/C13H22N4O/c1-2-7-18-13-8-12(15-9-16-13)17-11-6-4-3-5-10(11)14/h8-11H,2-7,14H2,1H3,(H,15,16,17). The molecule has 18 heavy (non-hydrogen) atoms. The number of ether oxygens (including phenoxy) is 1. The Morgan fingerprint density at radius 3 is 3.00 bits per heavy atom. The van der Waals surface area contributed by atoms with Gasteiger partial charge in [-0.1, -0.05) is 19.8 Å². The Morgan fingerprint density at radius 1 is 1.39 bits per heavy atom. The lowest BCUT2D eigenvalue weighted by Gasteiger charge is -2.29. The molecule has 2 atom stereocenters. The highest BCUT2D eigenvalue weighted by atomic mass is 16.5. The molecule has 2 unspecified atom stereocenters. The molecule has 0 radical (unpaired) electrons. The molecule has 3 N–H and O–H groups in total. The lowest BCUT2D eigenvalue weighted by Crippen LogP contribution is -2.42. The van der Waals surface area contributed by atoms with E-state index in [1.165, 1.54) is 19.2 Å². The molecule has 2 rings (SSSR count). The van der Waals surface area contributed by atoms with Crippen molar-refractivity contribution in [2.75, 3.05) is 11.9 Å². The van der Waals surface area contributed by atoms with Crippen LogP contribution in [-0.2, 0) is 0 Å². The molecule has 0 aromatic carbocycles. The summed E-state index contributed by atoms with van der Waals surface area (Å²) in [4.78, 5) is 8.30. The van der Waals surface area contributed by atoms with Crippen molar-refractivity contribution in [3.05, 3.63) is 12.4 Å². The van der Waals surface area contributed by atoms with Gasteiger partial charge in [-0.3, -0.25) is 0 Å². The largest absolute Gasteiger partial charge is 0.478 e. The van der Waals surface area contributed by atoms with Crippen molar-refractivity contribution in [2.24, 2.45) is 5.73 Å². The van der Waals surface area contributed by atoms with Gasteiger partial charge in [0.25, 0.3) is 0 Å². The van der Waals surface area contributed by atoms with Gasteiger partial charge in [0.2, 0.25) is 5.88 Å². The highest BCUT2D eigenvalue weighted by Gasteiger charge is 2.21. The first-order valence-corrected chi connectivity index (χ1v) is 6.76. The third kappa shape index (κ3) is 3.57. The van der Waals surface area contributed by atoms with Gasteiger partial charge in [0.15, 0.2) is 0 Å². The minimum atomic E-state index is 0.216. The Kier molecular flexibility index (Phi) is 4.75. The number of aromatic nitrogens is 2. The molecule has 0 aliphatic heterocycles. The topological polar surface area (TPSA) is 73.1 Å². The predicted octanol–water partition coefficient (Wildman–Crippen LogP) is 1.95. The fourth-order valence-electron chi connectivity index (χ4n) is 2.23. The van der Waals surface area contributed by atoms with Gasteiger partial charge in [-0.15, -0.1) is 0 Å².